The van der Waals surface area contributed by atoms with Crippen LogP contribution in [0.5, 0.6) is 0 Å². The van der Waals surface area contributed by atoms with Crippen LogP contribution in [0, 0.1) is 11.8 Å². The zero-order chi connectivity index (χ0) is 36.1. The van der Waals surface area contributed by atoms with Crippen LogP contribution in [0.1, 0.15) is 174 Å². The van der Waals surface area contributed by atoms with Crippen molar-refractivity contribution in [1.29, 1.82) is 0 Å². The zero-order valence-electron chi connectivity index (χ0n) is 30.4. The molecular weight excluding hydrogens is 626 g/mol. The Balaban J connectivity index is 2.00. The second kappa shape index (κ2) is 28.8. The molecule has 1 atom stereocenters. The van der Waals surface area contributed by atoms with E-state index in [1.807, 2.05) is 0 Å². The molecule has 0 bridgehead atoms. The summed E-state index contributed by atoms with van der Waals surface area (Å²) in [4.78, 5) is 70.3. The van der Waals surface area contributed by atoms with Crippen LogP contribution in [0.3, 0.4) is 0 Å². The summed E-state index contributed by atoms with van der Waals surface area (Å²) in [5.41, 5.74) is 0. The number of Topliss-reactive ketones (excluding diaryl/α,β-unsaturated/α-hetero) is 1. The van der Waals surface area contributed by atoms with Gasteiger partial charge in [0.15, 0.2) is 0 Å². The van der Waals surface area contributed by atoms with Gasteiger partial charge in [0.25, 0.3) is 0 Å². The average molecular weight is 694 g/mol. The first-order chi connectivity index (χ1) is 23.6. The lowest BCUT2D eigenvalue weighted by Crippen LogP contribution is -2.45. The van der Waals surface area contributed by atoms with Crippen LogP contribution in [-0.2, 0) is 28.8 Å². The standard InChI is InChI=1S/C38H67N3O8/c1-30(42)19-18-28-39-35(44)27-26-33(38(48)49)41-37(47)32-24-22-31(23-25-32)29-40-34(43)20-16-14-12-10-8-6-4-2-3-5-7-9-11-13-15-17-21-36(45)46/h31-33H,2-29H2,1H3,(H,39,44)(H,40,43)(H,41,47)(H,45,46)(H,48,49)/t31-,32-,33-/m0/s1. The van der Waals surface area contributed by atoms with Crippen molar-refractivity contribution in [2.45, 2.75) is 180 Å². The minimum Gasteiger partial charge on any atom is -0.481 e. The summed E-state index contributed by atoms with van der Waals surface area (Å²) in [7, 11) is 0. The monoisotopic (exact) mass is 693 g/mol. The topological polar surface area (TPSA) is 179 Å². The third-order valence-electron chi connectivity index (χ3n) is 9.65. The van der Waals surface area contributed by atoms with Gasteiger partial charge < -0.3 is 31.0 Å². The molecule has 49 heavy (non-hydrogen) atoms. The zero-order valence-corrected chi connectivity index (χ0v) is 30.4. The first kappa shape index (κ1) is 44.0. The normalized spacial score (nSPS) is 16.4. The van der Waals surface area contributed by atoms with Crippen molar-refractivity contribution in [1.82, 2.24) is 16.0 Å². The van der Waals surface area contributed by atoms with Gasteiger partial charge in [0.2, 0.25) is 17.7 Å². The van der Waals surface area contributed by atoms with Gasteiger partial charge >= 0.3 is 11.9 Å². The maximum absolute atomic E-state index is 12.8. The van der Waals surface area contributed by atoms with Crippen LogP contribution >= 0.6 is 0 Å². The predicted octanol–water partition coefficient (Wildman–Crippen LogP) is 6.85. The second-order valence-electron chi connectivity index (χ2n) is 14.2. The van der Waals surface area contributed by atoms with Crippen LogP contribution in [0.2, 0.25) is 0 Å². The molecule has 1 rings (SSSR count). The summed E-state index contributed by atoms with van der Waals surface area (Å²) in [6.45, 7) is 2.46. The minimum atomic E-state index is -1.16. The lowest BCUT2D eigenvalue weighted by atomic mass is 9.81. The molecule has 11 nitrogen and oxygen atoms in total. The largest absolute Gasteiger partial charge is 0.481 e. The lowest BCUT2D eigenvalue weighted by molar-refractivity contribution is -0.143. The molecule has 0 aromatic rings. The number of carboxylic acids is 2. The van der Waals surface area contributed by atoms with Crippen LogP contribution in [0.25, 0.3) is 0 Å². The molecule has 1 fully saturated rings. The van der Waals surface area contributed by atoms with E-state index < -0.39 is 18.0 Å². The number of hydrogen-bond acceptors (Lipinski definition) is 6. The third kappa shape index (κ3) is 25.6. The molecule has 0 saturated heterocycles. The Morgan fingerprint density at radius 3 is 1.51 bits per heavy atom. The molecule has 3 amide bonds. The van der Waals surface area contributed by atoms with E-state index >= 15 is 0 Å². The predicted molar refractivity (Wildman–Crippen MR) is 191 cm³/mol. The Kier molecular flexibility index (Phi) is 25.9. The number of amides is 3. The Hall–Kier alpha value is -2.98. The summed E-state index contributed by atoms with van der Waals surface area (Å²) >= 11 is 0. The molecule has 0 unspecified atom stereocenters. The molecule has 0 aliphatic heterocycles. The number of carbonyl (C=O) groups excluding carboxylic acids is 4. The first-order valence-corrected chi connectivity index (χ1v) is 19.4. The summed E-state index contributed by atoms with van der Waals surface area (Å²) in [5, 5.41) is 26.5. The van der Waals surface area contributed by atoms with Crippen molar-refractivity contribution in [2.75, 3.05) is 13.1 Å². The Labute approximate surface area is 294 Å². The summed E-state index contributed by atoms with van der Waals surface area (Å²) < 4.78 is 0. The number of aliphatic carboxylic acids is 2. The van der Waals surface area contributed by atoms with E-state index in [1.165, 1.54) is 77.6 Å². The van der Waals surface area contributed by atoms with Gasteiger partial charge in [0.1, 0.15) is 11.8 Å². The van der Waals surface area contributed by atoms with Gasteiger partial charge in [0, 0.05) is 44.7 Å². The number of carbonyl (C=O) groups is 6. The van der Waals surface area contributed by atoms with Crippen LogP contribution in [0.4, 0.5) is 0 Å². The Morgan fingerprint density at radius 1 is 0.571 bits per heavy atom. The molecule has 1 aliphatic rings. The number of carboxylic acid groups (broad SMARTS) is 2. The Bertz CT molecular complexity index is 965. The number of unbranched alkanes of at least 4 members (excludes halogenated alkanes) is 15. The highest BCUT2D eigenvalue weighted by molar-refractivity contribution is 5.85. The maximum Gasteiger partial charge on any atom is 0.326 e. The maximum atomic E-state index is 12.8. The minimum absolute atomic E-state index is 0.00428. The van der Waals surface area contributed by atoms with Crippen molar-refractivity contribution >= 4 is 35.4 Å². The van der Waals surface area contributed by atoms with Crippen molar-refractivity contribution in [2.24, 2.45) is 11.8 Å². The fourth-order valence-electron chi connectivity index (χ4n) is 6.49. The first-order valence-electron chi connectivity index (χ1n) is 19.4. The highest BCUT2D eigenvalue weighted by Crippen LogP contribution is 2.29. The van der Waals surface area contributed by atoms with E-state index in [0.29, 0.717) is 57.5 Å². The van der Waals surface area contributed by atoms with Crippen LogP contribution in [0.15, 0.2) is 0 Å². The fourth-order valence-corrected chi connectivity index (χ4v) is 6.49. The molecular formula is C38H67N3O8. The smallest absolute Gasteiger partial charge is 0.326 e. The van der Waals surface area contributed by atoms with Gasteiger partial charge in [-0.2, -0.15) is 0 Å². The average Bonchev–Trinajstić information content (AvgIpc) is 3.06. The number of hydrogen-bond donors (Lipinski definition) is 5. The second-order valence-corrected chi connectivity index (χ2v) is 14.2. The number of rotatable bonds is 31. The summed E-state index contributed by atoms with van der Waals surface area (Å²) in [5.74, 6) is -2.25. The molecule has 5 N–H and O–H groups in total. The van der Waals surface area contributed by atoms with E-state index in [-0.39, 0.29) is 42.3 Å². The quantitative estimate of drug-likeness (QED) is 0.0489. The van der Waals surface area contributed by atoms with Gasteiger partial charge in [-0.3, -0.25) is 19.2 Å². The van der Waals surface area contributed by atoms with Crippen LogP contribution in [-0.4, -0.2) is 64.8 Å². The van der Waals surface area contributed by atoms with Crippen molar-refractivity contribution < 1.29 is 39.0 Å². The molecule has 1 aliphatic carbocycles. The van der Waals surface area contributed by atoms with E-state index in [1.54, 1.807) is 0 Å². The third-order valence-corrected chi connectivity index (χ3v) is 9.65. The molecule has 0 radical (unpaired) electrons. The van der Waals surface area contributed by atoms with Gasteiger partial charge in [-0.1, -0.05) is 89.9 Å². The lowest BCUT2D eigenvalue weighted by Gasteiger charge is -2.28. The number of nitrogens with one attached hydrogen (secondary N) is 3. The number of ketones is 1. The molecule has 0 aromatic carbocycles. The van der Waals surface area contributed by atoms with Gasteiger partial charge in [0.05, 0.1) is 0 Å². The highest BCUT2D eigenvalue weighted by atomic mass is 16.4. The van der Waals surface area contributed by atoms with Gasteiger partial charge in [-0.05, 0) is 64.2 Å². The van der Waals surface area contributed by atoms with Gasteiger partial charge in [-0.15, -0.1) is 0 Å². The fraction of sp³-hybridized carbons (Fsp3) is 0.842. The van der Waals surface area contributed by atoms with Crippen molar-refractivity contribution in [3.05, 3.63) is 0 Å². The molecule has 11 heteroatoms. The summed E-state index contributed by atoms with van der Waals surface area (Å²) in [6.07, 6.45) is 23.6. The van der Waals surface area contributed by atoms with Crippen molar-refractivity contribution in [3.63, 3.8) is 0 Å². The molecule has 0 heterocycles. The van der Waals surface area contributed by atoms with E-state index in [9.17, 15) is 33.9 Å². The van der Waals surface area contributed by atoms with Crippen LogP contribution < -0.4 is 16.0 Å². The SMILES string of the molecule is CC(=O)CCCNC(=O)CC[C@H](NC(=O)[C@H]1CC[C@H](CNC(=O)CCCCCCCCCCCCCCCCCCC(=O)O)CC1)C(=O)O. The van der Waals surface area contributed by atoms with Crippen molar-refractivity contribution in [3.8, 4) is 0 Å². The van der Waals surface area contributed by atoms with E-state index in [4.69, 9.17) is 5.11 Å². The molecule has 0 spiro atoms. The molecule has 0 aromatic heterocycles. The molecule has 1 saturated carbocycles. The highest BCUT2D eigenvalue weighted by Gasteiger charge is 2.29. The Morgan fingerprint density at radius 2 is 1.04 bits per heavy atom. The van der Waals surface area contributed by atoms with Gasteiger partial charge in [-0.25, -0.2) is 4.79 Å². The summed E-state index contributed by atoms with van der Waals surface area (Å²) in [6, 6.07) is -1.13. The molecule has 282 valence electrons. The van der Waals surface area contributed by atoms with E-state index in [0.717, 1.165) is 44.9 Å². The van der Waals surface area contributed by atoms with E-state index in [2.05, 4.69) is 16.0 Å².